The van der Waals surface area contributed by atoms with E-state index in [9.17, 15) is 28.0 Å². The van der Waals surface area contributed by atoms with Gasteiger partial charge < -0.3 is 19.1 Å². The summed E-state index contributed by atoms with van der Waals surface area (Å²) in [5.41, 5.74) is -1.64. The molecule has 0 unspecified atom stereocenters. The largest absolute Gasteiger partial charge is 0.372 e. The van der Waals surface area contributed by atoms with Crippen LogP contribution in [0.5, 0.6) is 0 Å². The van der Waals surface area contributed by atoms with Crippen LogP contribution in [-0.2, 0) is 20.7 Å². The van der Waals surface area contributed by atoms with Gasteiger partial charge in [0.05, 0.1) is 42.7 Å². The van der Waals surface area contributed by atoms with Crippen LogP contribution in [0.3, 0.4) is 0 Å². The molecule has 1 spiro atoms. The molecule has 0 bridgehead atoms. The molecule has 6 rings (SSSR count). The van der Waals surface area contributed by atoms with Crippen LogP contribution in [0, 0.1) is 5.41 Å². The molecule has 3 atom stereocenters. The first-order valence-electron chi connectivity index (χ1n) is 11.2. The van der Waals surface area contributed by atoms with Gasteiger partial charge in [-0.3, -0.25) is 25.0 Å². The first-order chi connectivity index (χ1) is 16.9. The maximum absolute atomic E-state index is 13.3. The van der Waals surface area contributed by atoms with Gasteiger partial charge in [0.2, 0.25) is 17.4 Å². The van der Waals surface area contributed by atoms with Gasteiger partial charge in [-0.1, -0.05) is 16.8 Å². The fourth-order valence-corrected chi connectivity index (χ4v) is 6.04. The van der Waals surface area contributed by atoms with Crippen molar-refractivity contribution in [2.24, 2.45) is 5.41 Å². The van der Waals surface area contributed by atoms with E-state index in [1.54, 1.807) is 11.8 Å². The van der Waals surface area contributed by atoms with Gasteiger partial charge in [0.25, 0.3) is 11.8 Å². The maximum Gasteiger partial charge on any atom is 0.328 e. The lowest BCUT2D eigenvalue weighted by atomic mass is 9.67. The van der Waals surface area contributed by atoms with Gasteiger partial charge in [0.1, 0.15) is 10.5 Å². The molecule has 4 aliphatic heterocycles. The van der Waals surface area contributed by atoms with Gasteiger partial charge >= 0.3 is 6.03 Å². The van der Waals surface area contributed by atoms with E-state index in [1.165, 1.54) is 0 Å². The van der Waals surface area contributed by atoms with Gasteiger partial charge in [-0.25, -0.2) is 18.6 Å². The Morgan fingerprint density at radius 2 is 1.83 bits per heavy atom. The van der Waals surface area contributed by atoms with Crippen LogP contribution in [0.15, 0.2) is 4.52 Å². The van der Waals surface area contributed by atoms with Crippen molar-refractivity contribution >= 4 is 52.1 Å². The fraction of sp³-hybridized carbons (Fsp3) is 0.524. The highest BCUT2D eigenvalue weighted by molar-refractivity contribution is 6.38. The van der Waals surface area contributed by atoms with Crippen molar-refractivity contribution in [3.63, 3.8) is 0 Å². The van der Waals surface area contributed by atoms with Crippen LogP contribution >= 0.6 is 11.6 Å². The molecule has 36 heavy (non-hydrogen) atoms. The van der Waals surface area contributed by atoms with E-state index in [0.29, 0.717) is 5.69 Å². The Morgan fingerprint density at radius 3 is 2.47 bits per heavy atom. The number of barbiturate groups is 1. The van der Waals surface area contributed by atoms with Crippen molar-refractivity contribution in [1.29, 1.82) is 0 Å². The van der Waals surface area contributed by atoms with Crippen molar-refractivity contribution in [3.8, 4) is 0 Å². The number of nitrogens with one attached hydrogen (secondary N) is 2. The number of amides is 5. The number of anilines is 1. The molecular formula is C21H19ClF2N6O6. The summed E-state index contributed by atoms with van der Waals surface area (Å²) in [5, 5.41) is 8.13. The highest BCUT2D eigenvalue weighted by Gasteiger charge is 2.63. The topological polar surface area (TPSA) is 147 Å². The van der Waals surface area contributed by atoms with Crippen LogP contribution in [0.25, 0.3) is 11.1 Å². The van der Waals surface area contributed by atoms with E-state index in [4.69, 9.17) is 20.9 Å². The number of pyridine rings is 1. The third-order valence-electron chi connectivity index (χ3n) is 7.11. The Labute approximate surface area is 206 Å². The Kier molecular flexibility index (Phi) is 4.68. The van der Waals surface area contributed by atoms with Crippen LogP contribution in [0.1, 0.15) is 30.0 Å². The first-order valence-corrected chi connectivity index (χ1v) is 11.5. The van der Waals surface area contributed by atoms with Crippen LogP contribution in [0.2, 0.25) is 5.02 Å². The molecule has 12 nitrogen and oxygen atoms in total. The van der Waals surface area contributed by atoms with E-state index in [-0.39, 0.29) is 46.6 Å². The molecule has 5 amide bonds. The monoisotopic (exact) mass is 524 g/mol. The number of fused-ring (bicyclic) bond motifs is 5. The molecule has 190 valence electrons. The molecule has 0 aromatic carbocycles. The summed E-state index contributed by atoms with van der Waals surface area (Å²) in [6.45, 7) is 2.23. The molecule has 2 aromatic rings. The summed E-state index contributed by atoms with van der Waals surface area (Å²) in [4.78, 5) is 58.3. The Morgan fingerprint density at radius 1 is 1.17 bits per heavy atom. The number of carbonyl (C=O) groups is 4. The number of imide groups is 2. The standard InChI is InChI=1S/C21H19ClF2N6O6/c1-7-4-30-13-9(3-21(15(30)8(2)35-7)17(32)26-19(34)27-18(21)33)25-11-12(28-36-14(11)10(13)22)16(31)29-5-20(23,24)6-29/h7-8,15H,3-6H2,1-2H3,(H2,26,27,32,33,34)/t7-,8+,15-/m1/s1. The minimum absolute atomic E-state index is 0.0275. The second kappa shape index (κ2) is 7.32. The average molecular weight is 525 g/mol. The quantitative estimate of drug-likeness (QED) is 0.518. The number of urea groups is 1. The molecule has 0 radical (unpaired) electrons. The number of halogens is 3. The molecule has 6 heterocycles. The number of aromatic nitrogens is 2. The maximum atomic E-state index is 13.3. The number of rotatable bonds is 1. The Balaban J connectivity index is 1.52. The van der Waals surface area contributed by atoms with Crippen molar-refractivity contribution in [3.05, 3.63) is 16.4 Å². The number of hydrogen-bond acceptors (Lipinski definition) is 9. The number of alkyl halides is 2. The minimum atomic E-state index is -2.98. The normalized spacial score (nSPS) is 28.4. The van der Waals surface area contributed by atoms with Crippen LogP contribution < -0.4 is 15.5 Å². The Bertz CT molecular complexity index is 1350. The molecule has 15 heteroatoms. The average Bonchev–Trinajstić information content (AvgIpc) is 3.18. The van der Waals surface area contributed by atoms with Crippen molar-refractivity contribution in [2.45, 2.75) is 44.4 Å². The van der Waals surface area contributed by atoms with E-state index < -0.39 is 60.3 Å². The molecular weight excluding hydrogens is 506 g/mol. The summed E-state index contributed by atoms with van der Waals surface area (Å²) in [6, 6.07) is -1.79. The lowest BCUT2D eigenvalue weighted by molar-refractivity contribution is -0.153. The summed E-state index contributed by atoms with van der Waals surface area (Å²) in [5.74, 6) is -5.42. The zero-order valence-corrected chi connectivity index (χ0v) is 19.7. The number of nitrogens with zero attached hydrogens (tertiary/aromatic N) is 4. The van der Waals surface area contributed by atoms with E-state index >= 15 is 0 Å². The van der Waals surface area contributed by atoms with Crippen molar-refractivity contribution < 1.29 is 37.2 Å². The van der Waals surface area contributed by atoms with Crippen molar-refractivity contribution in [1.82, 2.24) is 25.7 Å². The number of hydrogen-bond donors (Lipinski definition) is 2. The SMILES string of the molecule is C[C@@H]1CN2c3c(nc4c(C(=O)N5CC(F)(F)C5)noc4c3Cl)CC3(C(=O)NC(=O)NC3=O)[C@H]2[C@H](C)O1. The third-order valence-corrected chi connectivity index (χ3v) is 7.46. The van der Waals surface area contributed by atoms with Gasteiger partial charge in [0, 0.05) is 13.0 Å². The molecule has 2 N–H and O–H groups in total. The predicted molar refractivity (Wildman–Crippen MR) is 117 cm³/mol. The minimum Gasteiger partial charge on any atom is -0.372 e. The summed E-state index contributed by atoms with van der Waals surface area (Å²) >= 11 is 6.73. The highest BCUT2D eigenvalue weighted by atomic mass is 35.5. The van der Waals surface area contributed by atoms with E-state index in [2.05, 4.69) is 20.8 Å². The van der Waals surface area contributed by atoms with E-state index in [1.807, 2.05) is 6.92 Å². The van der Waals surface area contributed by atoms with Gasteiger partial charge in [0.15, 0.2) is 11.1 Å². The predicted octanol–water partition coefficient (Wildman–Crippen LogP) is 0.858. The number of likely N-dealkylation sites (tertiary alicyclic amines) is 1. The lowest BCUT2D eigenvalue weighted by Gasteiger charge is -2.55. The highest BCUT2D eigenvalue weighted by Crippen LogP contribution is 2.50. The van der Waals surface area contributed by atoms with Crippen LogP contribution in [-0.4, -0.2) is 82.6 Å². The molecule has 4 aliphatic rings. The fourth-order valence-electron chi connectivity index (χ4n) is 5.70. The second-order valence-electron chi connectivity index (χ2n) is 9.58. The van der Waals surface area contributed by atoms with E-state index in [0.717, 1.165) is 4.90 Å². The zero-order chi connectivity index (χ0) is 25.7. The molecule has 0 aliphatic carbocycles. The van der Waals surface area contributed by atoms with Gasteiger partial charge in [-0.05, 0) is 13.8 Å². The summed E-state index contributed by atoms with van der Waals surface area (Å²) in [7, 11) is 0. The van der Waals surface area contributed by atoms with Gasteiger partial charge in [-0.2, -0.15) is 0 Å². The second-order valence-corrected chi connectivity index (χ2v) is 9.96. The molecule has 2 aromatic heterocycles. The molecule has 3 saturated heterocycles. The lowest BCUT2D eigenvalue weighted by Crippen LogP contribution is -2.75. The summed E-state index contributed by atoms with van der Waals surface area (Å²) in [6.07, 6.45) is -1.21. The number of carbonyl (C=O) groups excluding carboxylic acids is 4. The van der Waals surface area contributed by atoms with Crippen LogP contribution in [0.4, 0.5) is 19.3 Å². The van der Waals surface area contributed by atoms with Gasteiger partial charge in [-0.15, -0.1) is 0 Å². The zero-order valence-electron chi connectivity index (χ0n) is 18.9. The Hall–Kier alpha value is -3.39. The first kappa shape index (κ1) is 23.0. The third kappa shape index (κ3) is 3.00. The number of ether oxygens (including phenoxy) is 1. The molecule has 3 fully saturated rings. The number of morpholine rings is 1. The molecule has 0 saturated carbocycles. The van der Waals surface area contributed by atoms with Crippen molar-refractivity contribution in [2.75, 3.05) is 24.5 Å². The smallest absolute Gasteiger partial charge is 0.328 e. The summed E-state index contributed by atoms with van der Waals surface area (Å²) < 4.78 is 37.9.